The average Bonchev–Trinajstić information content (AvgIpc) is 2.50. The van der Waals surface area contributed by atoms with Crippen LogP contribution in [0.4, 0.5) is 5.69 Å². The van der Waals surface area contributed by atoms with E-state index in [9.17, 15) is 9.59 Å². The Morgan fingerprint density at radius 1 is 1.30 bits per heavy atom. The van der Waals surface area contributed by atoms with Crippen LogP contribution in [0.15, 0.2) is 18.2 Å². The third-order valence-corrected chi connectivity index (χ3v) is 4.05. The first-order valence-corrected chi connectivity index (χ1v) is 7.07. The van der Waals surface area contributed by atoms with Crippen molar-refractivity contribution in [3.63, 3.8) is 0 Å². The highest BCUT2D eigenvalue weighted by Gasteiger charge is 2.39. The molecule has 1 aliphatic heterocycles. The summed E-state index contributed by atoms with van der Waals surface area (Å²) in [5.41, 5.74) is 2.31. The molecule has 1 aliphatic rings. The van der Waals surface area contributed by atoms with Gasteiger partial charge in [0.15, 0.2) is 0 Å². The number of amides is 2. The van der Waals surface area contributed by atoms with Crippen molar-refractivity contribution in [2.45, 2.75) is 46.1 Å². The second-order valence-corrected chi connectivity index (χ2v) is 5.73. The van der Waals surface area contributed by atoms with E-state index in [1.54, 1.807) is 11.8 Å². The van der Waals surface area contributed by atoms with E-state index >= 15 is 0 Å². The first-order valence-electron chi connectivity index (χ1n) is 7.07. The van der Waals surface area contributed by atoms with E-state index in [0.29, 0.717) is 19.4 Å². The van der Waals surface area contributed by atoms with Gasteiger partial charge in [-0.25, -0.2) is 0 Å². The maximum atomic E-state index is 12.8. The molecule has 4 heteroatoms. The van der Waals surface area contributed by atoms with Crippen molar-refractivity contribution >= 4 is 17.5 Å². The summed E-state index contributed by atoms with van der Waals surface area (Å²) in [6, 6.07) is 6.03. The molecule has 1 fully saturated rings. The Morgan fingerprint density at radius 2 is 2.00 bits per heavy atom. The zero-order chi connectivity index (χ0) is 14.9. The Bertz CT molecular complexity index is 553. The molecule has 0 aliphatic carbocycles. The lowest BCUT2D eigenvalue weighted by molar-refractivity contribution is -0.129. The minimum Gasteiger partial charge on any atom is -0.342 e. The van der Waals surface area contributed by atoms with Crippen molar-refractivity contribution in [2.75, 3.05) is 11.4 Å². The van der Waals surface area contributed by atoms with Crippen LogP contribution in [-0.4, -0.2) is 23.9 Å². The molecule has 0 aromatic heterocycles. The summed E-state index contributed by atoms with van der Waals surface area (Å²) in [7, 11) is 0. The largest absolute Gasteiger partial charge is 0.342 e. The first-order chi connectivity index (χ1) is 9.37. The lowest BCUT2D eigenvalue weighted by atomic mass is 9.96. The van der Waals surface area contributed by atoms with E-state index < -0.39 is 5.54 Å². The molecule has 0 radical (unpaired) electrons. The summed E-state index contributed by atoms with van der Waals surface area (Å²) >= 11 is 0. The Balaban J connectivity index is 2.44. The van der Waals surface area contributed by atoms with Gasteiger partial charge in [0.25, 0.3) is 5.91 Å². The highest BCUT2D eigenvalue weighted by molar-refractivity contribution is 6.04. The summed E-state index contributed by atoms with van der Waals surface area (Å²) in [5, 5.41) is 2.86. The minimum absolute atomic E-state index is 0.0298. The van der Waals surface area contributed by atoms with Gasteiger partial charge in [0.2, 0.25) is 5.91 Å². The highest BCUT2D eigenvalue weighted by Crippen LogP contribution is 2.27. The van der Waals surface area contributed by atoms with Gasteiger partial charge in [0.05, 0.1) is 0 Å². The number of rotatable bonds is 2. The Morgan fingerprint density at radius 3 is 2.60 bits per heavy atom. The monoisotopic (exact) mass is 274 g/mol. The molecule has 2 rings (SSSR count). The molecule has 2 amide bonds. The summed E-state index contributed by atoms with van der Waals surface area (Å²) in [4.78, 5) is 26.4. The fourth-order valence-electron chi connectivity index (χ4n) is 2.61. The number of hydrogen-bond acceptors (Lipinski definition) is 2. The molecular weight excluding hydrogens is 252 g/mol. The van der Waals surface area contributed by atoms with Crippen LogP contribution in [0.25, 0.3) is 0 Å². The van der Waals surface area contributed by atoms with E-state index in [4.69, 9.17) is 0 Å². The number of aryl methyl sites for hydroxylation is 2. The number of carbonyl (C=O) groups is 2. The van der Waals surface area contributed by atoms with Crippen LogP contribution >= 0.6 is 0 Å². The van der Waals surface area contributed by atoms with Crippen molar-refractivity contribution in [3.8, 4) is 0 Å². The highest BCUT2D eigenvalue weighted by atomic mass is 16.2. The Labute approximate surface area is 120 Å². The van der Waals surface area contributed by atoms with Gasteiger partial charge in [-0.2, -0.15) is 0 Å². The summed E-state index contributed by atoms with van der Waals surface area (Å²) < 4.78 is 0. The predicted octanol–water partition coefficient (Wildman–Crippen LogP) is 2.33. The quantitative estimate of drug-likeness (QED) is 0.899. The molecule has 0 spiro atoms. The molecular formula is C16H22N2O2. The number of anilines is 1. The van der Waals surface area contributed by atoms with Gasteiger partial charge in [-0.1, -0.05) is 24.6 Å². The number of nitrogens with one attached hydrogen (secondary N) is 1. The average molecular weight is 274 g/mol. The SMILES string of the molecule is CCC1(C)NC(=O)CCN(c2ccc(C)cc2C)C1=O. The van der Waals surface area contributed by atoms with E-state index in [2.05, 4.69) is 11.4 Å². The van der Waals surface area contributed by atoms with Gasteiger partial charge in [0, 0.05) is 18.7 Å². The predicted molar refractivity (Wildman–Crippen MR) is 79.7 cm³/mol. The first kappa shape index (κ1) is 14.6. The van der Waals surface area contributed by atoms with Crippen LogP contribution in [0.1, 0.15) is 37.8 Å². The zero-order valence-corrected chi connectivity index (χ0v) is 12.6. The second-order valence-electron chi connectivity index (χ2n) is 5.73. The molecule has 1 atom stereocenters. The van der Waals surface area contributed by atoms with Crippen molar-refractivity contribution in [1.29, 1.82) is 0 Å². The number of hydrogen-bond donors (Lipinski definition) is 1. The summed E-state index contributed by atoms with van der Waals surface area (Å²) in [5.74, 6) is -0.0900. The van der Waals surface area contributed by atoms with Gasteiger partial charge in [0.1, 0.15) is 5.54 Å². The van der Waals surface area contributed by atoms with Crippen LogP contribution in [0.3, 0.4) is 0 Å². The van der Waals surface area contributed by atoms with Gasteiger partial charge < -0.3 is 10.2 Å². The maximum Gasteiger partial charge on any atom is 0.252 e. The third kappa shape index (κ3) is 2.55. The fraction of sp³-hybridized carbons (Fsp3) is 0.500. The van der Waals surface area contributed by atoms with Gasteiger partial charge in [-0.05, 0) is 38.8 Å². The molecule has 0 bridgehead atoms. The molecule has 1 saturated heterocycles. The molecule has 1 N–H and O–H groups in total. The lowest BCUT2D eigenvalue weighted by Gasteiger charge is -2.32. The summed E-state index contributed by atoms with van der Waals surface area (Å²) in [6.07, 6.45) is 0.924. The van der Waals surface area contributed by atoms with E-state index in [1.807, 2.05) is 32.9 Å². The molecule has 0 saturated carbocycles. The van der Waals surface area contributed by atoms with Crippen LogP contribution in [0.2, 0.25) is 0 Å². The third-order valence-electron chi connectivity index (χ3n) is 4.05. The molecule has 1 unspecified atom stereocenters. The molecule has 108 valence electrons. The van der Waals surface area contributed by atoms with Crippen LogP contribution < -0.4 is 10.2 Å². The summed E-state index contributed by atoms with van der Waals surface area (Å²) in [6.45, 7) is 8.18. The number of benzene rings is 1. The van der Waals surface area contributed by atoms with Crippen molar-refractivity contribution in [1.82, 2.24) is 5.32 Å². The van der Waals surface area contributed by atoms with E-state index in [0.717, 1.165) is 11.3 Å². The van der Waals surface area contributed by atoms with Crippen LogP contribution in [0, 0.1) is 13.8 Å². The normalized spacial score (nSPS) is 23.5. The maximum absolute atomic E-state index is 12.8. The van der Waals surface area contributed by atoms with Gasteiger partial charge in [-0.3, -0.25) is 9.59 Å². The Hall–Kier alpha value is -1.84. The molecule has 4 nitrogen and oxygen atoms in total. The van der Waals surface area contributed by atoms with Crippen molar-refractivity contribution in [3.05, 3.63) is 29.3 Å². The fourth-order valence-corrected chi connectivity index (χ4v) is 2.61. The molecule has 1 aromatic rings. The van der Waals surface area contributed by atoms with Gasteiger partial charge in [-0.15, -0.1) is 0 Å². The standard InChI is InChI=1S/C16H22N2O2/c1-5-16(4)15(20)18(9-8-14(19)17-16)13-7-6-11(2)10-12(13)3/h6-7,10H,5,8-9H2,1-4H3,(H,17,19). The van der Waals surface area contributed by atoms with E-state index in [-0.39, 0.29) is 11.8 Å². The second kappa shape index (κ2) is 5.27. The topological polar surface area (TPSA) is 49.4 Å². The molecule has 20 heavy (non-hydrogen) atoms. The lowest BCUT2D eigenvalue weighted by Crippen LogP contribution is -2.54. The molecule has 1 heterocycles. The van der Waals surface area contributed by atoms with Crippen molar-refractivity contribution in [2.24, 2.45) is 0 Å². The van der Waals surface area contributed by atoms with Crippen LogP contribution in [0.5, 0.6) is 0 Å². The van der Waals surface area contributed by atoms with Crippen molar-refractivity contribution < 1.29 is 9.59 Å². The number of carbonyl (C=O) groups excluding carboxylic acids is 2. The van der Waals surface area contributed by atoms with E-state index in [1.165, 1.54) is 5.56 Å². The minimum atomic E-state index is -0.815. The van der Waals surface area contributed by atoms with Crippen LogP contribution in [-0.2, 0) is 9.59 Å². The van der Waals surface area contributed by atoms with Gasteiger partial charge >= 0.3 is 0 Å². The Kier molecular flexibility index (Phi) is 3.84. The smallest absolute Gasteiger partial charge is 0.252 e. The molecule has 1 aromatic carbocycles. The number of nitrogens with zero attached hydrogens (tertiary/aromatic N) is 1. The zero-order valence-electron chi connectivity index (χ0n) is 12.6.